The fraction of sp³-hybridized carbons (Fsp3) is 0.650. The number of benzene rings is 1. The zero-order valence-electron chi connectivity index (χ0n) is 16.9. The number of aryl methyl sites for hydroxylation is 1. The fourth-order valence-electron chi connectivity index (χ4n) is 2.68. The summed E-state index contributed by atoms with van der Waals surface area (Å²) in [6.45, 7) is 23.5. The first-order valence-electron chi connectivity index (χ1n) is 8.44. The van der Waals surface area contributed by atoms with Gasteiger partial charge in [0.25, 0.3) is 8.32 Å². The molecule has 1 rings (SSSR count). The van der Waals surface area contributed by atoms with Crippen LogP contribution in [0, 0.1) is 13.8 Å². The van der Waals surface area contributed by atoms with E-state index < -0.39 is 8.32 Å². The fourth-order valence-corrected chi connectivity index (χ4v) is 3.70. The maximum absolute atomic E-state index is 12.5. The van der Waals surface area contributed by atoms with Crippen LogP contribution in [0.2, 0.25) is 18.1 Å². The van der Waals surface area contributed by atoms with Crippen LogP contribution in [-0.2, 0) is 5.41 Å². The number of Topliss-reactive ketones (excluding diaryl/α,β-unsaturated/α-hetero) is 1. The number of hydrogen-bond acceptors (Lipinski definition) is 2. The molecular formula is C20H34O2Si. The first-order valence-corrected chi connectivity index (χ1v) is 11.3. The molecule has 0 saturated carbocycles. The quantitative estimate of drug-likeness (QED) is 0.487. The first-order chi connectivity index (χ1) is 10.1. The van der Waals surface area contributed by atoms with Crippen LogP contribution >= 0.6 is 0 Å². The van der Waals surface area contributed by atoms with E-state index >= 15 is 0 Å². The van der Waals surface area contributed by atoms with Crippen molar-refractivity contribution in [3.8, 4) is 5.75 Å². The van der Waals surface area contributed by atoms with E-state index in [0.29, 0.717) is 0 Å². The smallest absolute Gasteiger partial charge is 0.250 e. The van der Waals surface area contributed by atoms with Gasteiger partial charge < -0.3 is 4.43 Å². The molecule has 0 aliphatic heterocycles. The van der Waals surface area contributed by atoms with Crippen LogP contribution in [0.3, 0.4) is 0 Å². The monoisotopic (exact) mass is 334 g/mol. The molecule has 0 radical (unpaired) electrons. The molecule has 0 bridgehead atoms. The molecule has 0 fully saturated rings. The van der Waals surface area contributed by atoms with Crippen LogP contribution in [0.5, 0.6) is 5.75 Å². The molecule has 0 aromatic heterocycles. The minimum absolute atomic E-state index is 0.0896. The lowest BCUT2D eigenvalue weighted by molar-refractivity contribution is 0.101. The predicted octanol–water partition coefficient (Wildman–Crippen LogP) is 6.19. The second kappa shape index (κ2) is 6.08. The Hall–Kier alpha value is -1.09. The van der Waals surface area contributed by atoms with E-state index in [9.17, 15) is 4.79 Å². The average Bonchev–Trinajstić information content (AvgIpc) is 2.29. The Morgan fingerprint density at radius 1 is 1.04 bits per heavy atom. The SMILES string of the molecule is CC(=O)c1c(O[Si](C)(C)C(C)(C)C)cc(C)c(C)c1C(C)(C)C. The number of ketones is 1. The van der Waals surface area contributed by atoms with Crippen molar-refractivity contribution in [1.82, 2.24) is 0 Å². The van der Waals surface area contributed by atoms with Crippen molar-refractivity contribution < 1.29 is 9.22 Å². The van der Waals surface area contributed by atoms with E-state index in [1.165, 1.54) is 11.1 Å². The maximum Gasteiger partial charge on any atom is 0.250 e. The highest BCUT2D eigenvalue weighted by Gasteiger charge is 2.40. The third kappa shape index (κ3) is 4.06. The van der Waals surface area contributed by atoms with Crippen LogP contribution in [0.15, 0.2) is 6.07 Å². The van der Waals surface area contributed by atoms with Gasteiger partial charge in [0.05, 0.1) is 5.56 Å². The van der Waals surface area contributed by atoms with Crippen molar-refractivity contribution in [2.24, 2.45) is 0 Å². The molecule has 0 saturated heterocycles. The zero-order valence-corrected chi connectivity index (χ0v) is 17.9. The Morgan fingerprint density at radius 3 is 1.87 bits per heavy atom. The van der Waals surface area contributed by atoms with Crippen molar-refractivity contribution in [3.63, 3.8) is 0 Å². The van der Waals surface area contributed by atoms with Gasteiger partial charge in [-0.1, -0.05) is 41.5 Å². The van der Waals surface area contributed by atoms with Crippen molar-refractivity contribution in [1.29, 1.82) is 0 Å². The molecule has 0 heterocycles. The van der Waals surface area contributed by atoms with Gasteiger partial charge in [0.2, 0.25) is 0 Å². The third-order valence-electron chi connectivity index (χ3n) is 5.08. The van der Waals surface area contributed by atoms with Crippen LogP contribution in [0.25, 0.3) is 0 Å². The molecule has 23 heavy (non-hydrogen) atoms. The molecule has 0 atom stereocenters. The number of rotatable bonds is 3. The summed E-state index contributed by atoms with van der Waals surface area (Å²) < 4.78 is 6.55. The van der Waals surface area contributed by atoms with Crippen LogP contribution in [-0.4, -0.2) is 14.1 Å². The third-order valence-corrected chi connectivity index (χ3v) is 9.43. The summed E-state index contributed by atoms with van der Waals surface area (Å²) in [7, 11) is -2.00. The van der Waals surface area contributed by atoms with E-state index in [0.717, 1.165) is 16.9 Å². The molecule has 0 spiro atoms. The Kier molecular flexibility index (Phi) is 5.28. The van der Waals surface area contributed by atoms with Crippen molar-refractivity contribution >= 4 is 14.1 Å². The van der Waals surface area contributed by atoms with E-state index in [4.69, 9.17) is 4.43 Å². The van der Waals surface area contributed by atoms with Gasteiger partial charge in [-0.3, -0.25) is 4.79 Å². The van der Waals surface area contributed by atoms with Gasteiger partial charge in [-0.15, -0.1) is 0 Å². The molecule has 0 amide bonds. The van der Waals surface area contributed by atoms with Crippen molar-refractivity contribution in [2.75, 3.05) is 0 Å². The Labute approximate surface area is 143 Å². The second-order valence-corrected chi connectivity index (χ2v) is 14.0. The molecule has 0 aliphatic rings. The molecule has 1 aromatic carbocycles. The Bertz CT molecular complexity index is 614. The molecular weight excluding hydrogens is 300 g/mol. The second-order valence-electron chi connectivity index (χ2n) is 9.24. The Morgan fingerprint density at radius 2 is 1.52 bits per heavy atom. The van der Waals surface area contributed by atoms with E-state index in [1.54, 1.807) is 6.92 Å². The highest BCUT2D eigenvalue weighted by atomic mass is 28.4. The summed E-state index contributed by atoms with van der Waals surface area (Å²) in [6.07, 6.45) is 0. The molecule has 2 nitrogen and oxygen atoms in total. The van der Waals surface area contributed by atoms with Gasteiger partial charge in [0.1, 0.15) is 5.75 Å². The van der Waals surface area contributed by atoms with Crippen molar-refractivity contribution in [3.05, 3.63) is 28.3 Å². The topological polar surface area (TPSA) is 26.3 Å². The largest absolute Gasteiger partial charge is 0.543 e. The molecule has 0 aliphatic carbocycles. The highest BCUT2D eigenvalue weighted by molar-refractivity contribution is 6.74. The van der Waals surface area contributed by atoms with Gasteiger partial charge in [-0.05, 0) is 67.1 Å². The minimum Gasteiger partial charge on any atom is -0.543 e. The minimum atomic E-state index is -2.00. The normalized spacial score (nSPS) is 13.2. The summed E-state index contributed by atoms with van der Waals surface area (Å²) in [4.78, 5) is 12.5. The van der Waals surface area contributed by atoms with Gasteiger partial charge in [-0.25, -0.2) is 0 Å². The average molecular weight is 335 g/mol. The van der Waals surface area contributed by atoms with Crippen LogP contribution in [0.1, 0.15) is 75.5 Å². The standard InChI is InChI=1S/C20H34O2Si/c1-13-12-16(22-23(10,11)20(7,8)9)17(15(3)21)18(14(13)2)19(4,5)6/h12H,1-11H3. The molecule has 1 aromatic rings. The first kappa shape index (κ1) is 20.0. The highest BCUT2D eigenvalue weighted by Crippen LogP contribution is 2.42. The van der Waals surface area contributed by atoms with E-state index in [-0.39, 0.29) is 16.2 Å². The molecule has 0 unspecified atom stereocenters. The van der Waals surface area contributed by atoms with Gasteiger partial charge in [0, 0.05) is 0 Å². The summed E-state index contributed by atoms with van der Waals surface area (Å²) in [5, 5.41) is 0.0990. The summed E-state index contributed by atoms with van der Waals surface area (Å²) in [5.41, 5.74) is 4.19. The van der Waals surface area contributed by atoms with E-state index in [2.05, 4.69) is 74.6 Å². The molecule has 3 heteroatoms. The lowest BCUT2D eigenvalue weighted by atomic mass is 9.78. The summed E-state index contributed by atoms with van der Waals surface area (Å²) in [5.74, 6) is 0.865. The van der Waals surface area contributed by atoms with E-state index in [1.807, 2.05) is 0 Å². The van der Waals surface area contributed by atoms with Crippen molar-refractivity contribution in [2.45, 2.75) is 85.9 Å². The number of hydrogen-bond donors (Lipinski definition) is 0. The summed E-state index contributed by atoms with van der Waals surface area (Å²) >= 11 is 0. The lowest BCUT2D eigenvalue weighted by Crippen LogP contribution is -2.44. The lowest BCUT2D eigenvalue weighted by Gasteiger charge is -2.38. The molecule has 0 N–H and O–H groups in total. The zero-order chi connectivity index (χ0) is 18.4. The molecule has 130 valence electrons. The van der Waals surface area contributed by atoms with Gasteiger partial charge in [-0.2, -0.15) is 0 Å². The predicted molar refractivity (Wildman–Crippen MR) is 102 cm³/mol. The van der Waals surface area contributed by atoms with Gasteiger partial charge in [0.15, 0.2) is 5.78 Å². The van der Waals surface area contributed by atoms with Crippen LogP contribution in [0.4, 0.5) is 0 Å². The Balaban J connectivity index is 3.69. The maximum atomic E-state index is 12.5. The number of carbonyl (C=O) groups is 1. The van der Waals surface area contributed by atoms with Gasteiger partial charge >= 0.3 is 0 Å². The number of carbonyl (C=O) groups excluding carboxylic acids is 1. The van der Waals surface area contributed by atoms with Crippen LogP contribution < -0.4 is 4.43 Å². The summed E-state index contributed by atoms with van der Waals surface area (Å²) in [6, 6.07) is 2.06.